The van der Waals surface area contributed by atoms with E-state index in [1.165, 1.54) is 6.42 Å². The molecule has 1 N–H and O–H groups in total. The predicted octanol–water partition coefficient (Wildman–Crippen LogP) is 4.88. The highest BCUT2D eigenvalue weighted by Crippen LogP contribution is 2.26. The van der Waals surface area contributed by atoms with Crippen LogP contribution < -0.4 is 14.8 Å². The molecule has 1 unspecified atom stereocenters. The van der Waals surface area contributed by atoms with Crippen molar-refractivity contribution < 1.29 is 14.3 Å². The number of fused-ring (bicyclic) bond motifs is 1. The van der Waals surface area contributed by atoms with Crippen LogP contribution in [0.15, 0.2) is 48.5 Å². The molecule has 1 fully saturated rings. The maximum atomic E-state index is 12.8. The van der Waals surface area contributed by atoms with Crippen molar-refractivity contribution in [1.29, 1.82) is 0 Å². The van der Waals surface area contributed by atoms with E-state index in [4.69, 9.17) is 14.5 Å². The normalized spacial score (nSPS) is 15.5. The first-order valence-electron chi connectivity index (χ1n) is 11.2. The van der Waals surface area contributed by atoms with Crippen molar-refractivity contribution in [2.75, 3.05) is 13.7 Å². The third-order valence-electron chi connectivity index (χ3n) is 6.03. The highest BCUT2D eigenvalue weighted by atomic mass is 16.5. The number of imidazole rings is 1. The fraction of sp³-hybridized carbons (Fsp3) is 0.440. The van der Waals surface area contributed by atoms with E-state index in [1.54, 1.807) is 7.11 Å². The van der Waals surface area contributed by atoms with Gasteiger partial charge in [-0.2, -0.15) is 0 Å². The van der Waals surface area contributed by atoms with Gasteiger partial charge in [-0.25, -0.2) is 4.98 Å². The molecule has 0 spiro atoms. The Hall–Kier alpha value is -3.02. The summed E-state index contributed by atoms with van der Waals surface area (Å²) in [6, 6.07) is 15.5. The van der Waals surface area contributed by atoms with E-state index in [0.717, 1.165) is 54.0 Å². The standard InChI is InChI=1S/C25H31N3O3/c1-18(26-25(29)19-9-4-3-5-10-19)24-27-22-13-6-7-14-23(22)28(24)15-16-31-21-12-8-11-20(17-21)30-2/h6-8,11-14,17-19H,3-5,9-10,15-16H2,1-2H3,(H,26,29). The molecule has 1 amide bonds. The first kappa shape index (κ1) is 21.2. The molecular weight excluding hydrogens is 390 g/mol. The van der Waals surface area contributed by atoms with Crippen LogP contribution in [0.1, 0.15) is 50.9 Å². The number of aromatic nitrogens is 2. The van der Waals surface area contributed by atoms with Gasteiger partial charge in [0.1, 0.15) is 23.9 Å². The first-order valence-corrected chi connectivity index (χ1v) is 11.2. The smallest absolute Gasteiger partial charge is 0.223 e. The second kappa shape index (κ2) is 9.86. The molecule has 2 aromatic carbocycles. The fourth-order valence-electron chi connectivity index (χ4n) is 4.37. The molecule has 0 bridgehead atoms. The zero-order valence-corrected chi connectivity index (χ0v) is 18.3. The van der Waals surface area contributed by atoms with Crippen LogP contribution in [0.2, 0.25) is 0 Å². The summed E-state index contributed by atoms with van der Waals surface area (Å²) in [5.41, 5.74) is 1.98. The van der Waals surface area contributed by atoms with Crippen molar-refractivity contribution in [3.8, 4) is 11.5 Å². The van der Waals surface area contributed by atoms with Crippen LogP contribution in [0.5, 0.6) is 11.5 Å². The third kappa shape index (κ3) is 5.01. The Bertz CT molecular complexity index is 1020. The predicted molar refractivity (Wildman–Crippen MR) is 121 cm³/mol. The molecule has 6 nitrogen and oxygen atoms in total. The van der Waals surface area contributed by atoms with Gasteiger partial charge in [-0.05, 0) is 44.0 Å². The Morgan fingerprint density at radius 1 is 1.13 bits per heavy atom. The quantitative estimate of drug-likeness (QED) is 0.563. The molecule has 1 aromatic heterocycles. The summed E-state index contributed by atoms with van der Waals surface area (Å²) >= 11 is 0. The van der Waals surface area contributed by atoms with Crippen LogP contribution in [0.25, 0.3) is 11.0 Å². The molecule has 164 valence electrons. The number of benzene rings is 2. The maximum absolute atomic E-state index is 12.8. The van der Waals surface area contributed by atoms with Crippen molar-refractivity contribution in [2.45, 2.75) is 51.6 Å². The molecule has 0 aliphatic heterocycles. The van der Waals surface area contributed by atoms with Crippen LogP contribution in [-0.4, -0.2) is 29.2 Å². The first-order chi connectivity index (χ1) is 15.2. The molecular formula is C25H31N3O3. The van der Waals surface area contributed by atoms with E-state index in [2.05, 4.69) is 16.0 Å². The number of amides is 1. The molecule has 4 rings (SSSR count). The summed E-state index contributed by atoms with van der Waals surface area (Å²) in [5, 5.41) is 3.21. The van der Waals surface area contributed by atoms with E-state index in [0.29, 0.717) is 13.2 Å². The number of hydrogen-bond acceptors (Lipinski definition) is 4. The van der Waals surface area contributed by atoms with E-state index in [-0.39, 0.29) is 17.9 Å². The molecule has 0 radical (unpaired) electrons. The average Bonchev–Trinajstić information content (AvgIpc) is 3.18. The lowest BCUT2D eigenvalue weighted by Crippen LogP contribution is -2.35. The minimum absolute atomic E-state index is 0.130. The Kier molecular flexibility index (Phi) is 6.75. The summed E-state index contributed by atoms with van der Waals surface area (Å²) in [6.07, 6.45) is 5.51. The Morgan fingerprint density at radius 2 is 1.90 bits per heavy atom. The Balaban J connectivity index is 1.49. The minimum Gasteiger partial charge on any atom is -0.497 e. The summed E-state index contributed by atoms with van der Waals surface area (Å²) in [6.45, 7) is 3.14. The number of nitrogens with one attached hydrogen (secondary N) is 1. The number of hydrogen-bond donors (Lipinski definition) is 1. The number of methoxy groups -OCH3 is 1. The number of para-hydroxylation sites is 2. The van der Waals surface area contributed by atoms with Gasteiger partial charge in [0.2, 0.25) is 5.91 Å². The fourth-order valence-corrected chi connectivity index (χ4v) is 4.37. The summed E-state index contributed by atoms with van der Waals surface area (Å²) in [4.78, 5) is 17.6. The summed E-state index contributed by atoms with van der Waals surface area (Å²) in [5.74, 6) is 2.68. The lowest BCUT2D eigenvalue weighted by atomic mass is 9.88. The molecule has 1 saturated carbocycles. The number of carbonyl (C=O) groups is 1. The van der Waals surface area contributed by atoms with Crippen molar-refractivity contribution in [1.82, 2.24) is 14.9 Å². The van der Waals surface area contributed by atoms with Crippen molar-refractivity contribution >= 4 is 16.9 Å². The lowest BCUT2D eigenvalue weighted by molar-refractivity contribution is -0.126. The molecule has 1 aliphatic rings. The molecule has 6 heteroatoms. The molecule has 1 aliphatic carbocycles. The van der Waals surface area contributed by atoms with E-state index in [9.17, 15) is 4.79 Å². The van der Waals surface area contributed by atoms with Gasteiger partial charge >= 0.3 is 0 Å². The van der Waals surface area contributed by atoms with Crippen LogP contribution in [0, 0.1) is 5.92 Å². The van der Waals surface area contributed by atoms with Crippen molar-refractivity contribution in [3.05, 3.63) is 54.4 Å². The molecule has 1 atom stereocenters. The average molecular weight is 422 g/mol. The second-order valence-corrected chi connectivity index (χ2v) is 8.20. The van der Waals surface area contributed by atoms with Gasteiger partial charge in [-0.15, -0.1) is 0 Å². The number of carbonyl (C=O) groups excluding carboxylic acids is 1. The zero-order chi connectivity index (χ0) is 21.6. The van der Waals surface area contributed by atoms with Crippen molar-refractivity contribution in [2.24, 2.45) is 5.92 Å². The van der Waals surface area contributed by atoms with E-state index >= 15 is 0 Å². The Labute approximate surface area is 183 Å². The van der Waals surface area contributed by atoms with Gasteiger partial charge in [-0.1, -0.05) is 37.5 Å². The van der Waals surface area contributed by atoms with Gasteiger partial charge in [-0.3, -0.25) is 4.79 Å². The van der Waals surface area contributed by atoms with Gasteiger partial charge in [0.05, 0.1) is 30.7 Å². The van der Waals surface area contributed by atoms with Gasteiger partial charge in [0.25, 0.3) is 0 Å². The lowest BCUT2D eigenvalue weighted by Gasteiger charge is -2.23. The van der Waals surface area contributed by atoms with E-state index < -0.39 is 0 Å². The van der Waals surface area contributed by atoms with Crippen LogP contribution in [0.4, 0.5) is 0 Å². The second-order valence-electron chi connectivity index (χ2n) is 8.20. The monoisotopic (exact) mass is 421 g/mol. The molecule has 3 aromatic rings. The molecule has 31 heavy (non-hydrogen) atoms. The van der Waals surface area contributed by atoms with Crippen molar-refractivity contribution in [3.63, 3.8) is 0 Å². The van der Waals surface area contributed by atoms with Crippen LogP contribution in [-0.2, 0) is 11.3 Å². The Morgan fingerprint density at radius 3 is 2.71 bits per heavy atom. The summed E-state index contributed by atoms with van der Waals surface area (Å²) < 4.78 is 13.4. The van der Waals surface area contributed by atoms with Gasteiger partial charge in [0, 0.05) is 12.0 Å². The number of ether oxygens (including phenoxy) is 2. The topological polar surface area (TPSA) is 65.4 Å². The minimum atomic E-state index is -0.168. The van der Waals surface area contributed by atoms with Crippen LogP contribution in [0.3, 0.4) is 0 Å². The number of rotatable bonds is 8. The number of nitrogens with zero attached hydrogens (tertiary/aromatic N) is 2. The highest BCUT2D eigenvalue weighted by Gasteiger charge is 2.24. The maximum Gasteiger partial charge on any atom is 0.223 e. The largest absolute Gasteiger partial charge is 0.497 e. The zero-order valence-electron chi connectivity index (χ0n) is 18.3. The molecule has 1 heterocycles. The third-order valence-corrected chi connectivity index (χ3v) is 6.03. The van der Waals surface area contributed by atoms with Gasteiger partial charge in [0.15, 0.2) is 0 Å². The van der Waals surface area contributed by atoms with Crippen LogP contribution >= 0.6 is 0 Å². The molecule has 0 saturated heterocycles. The van der Waals surface area contributed by atoms with E-state index in [1.807, 2.05) is 49.4 Å². The highest BCUT2D eigenvalue weighted by molar-refractivity contribution is 5.80. The summed E-state index contributed by atoms with van der Waals surface area (Å²) in [7, 11) is 1.64. The SMILES string of the molecule is COc1cccc(OCCn2c(C(C)NC(=O)C3CCCCC3)nc3ccccc32)c1. The van der Waals surface area contributed by atoms with Gasteiger partial charge < -0.3 is 19.4 Å².